The molecular weight excluding hydrogens is 285 g/mol. The molecule has 0 bridgehead atoms. The average Bonchev–Trinajstić information content (AvgIpc) is 2.89. The van der Waals surface area contributed by atoms with Crippen LogP contribution in [0.5, 0.6) is 5.75 Å². The summed E-state index contributed by atoms with van der Waals surface area (Å²) in [6.07, 6.45) is 1.61. The summed E-state index contributed by atoms with van der Waals surface area (Å²) in [5, 5.41) is 0. The number of rotatable bonds is 3. The molecule has 0 aromatic heterocycles. The monoisotopic (exact) mass is 297 g/mol. The third-order valence-electron chi connectivity index (χ3n) is 3.11. The number of carbonyl (C=O) groups is 1. The molecule has 0 fully saturated rings. The summed E-state index contributed by atoms with van der Waals surface area (Å²) in [5.41, 5.74) is 1.38. The number of benzene rings is 2. The molecule has 22 heavy (non-hydrogen) atoms. The molecule has 0 saturated heterocycles. The van der Waals surface area contributed by atoms with E-state index in [-0.39, 0.29) is 11.6 Å². The molecule has 5 heteroatoms. The maximum absolute atomic E-state index is 13.2. The van der Waals surface area contributed by atoms with E-state index in [0.717, 1.165) is 11.3 Å². The van der Waals surface area contributed by atoms with Gasteiger partial charge >= 0.3 is 5.97 Å². The van der Waals surface area contributed by atoms with Crippen LogP contribution in [0.2, 0.25) is 0 Å². The Morgan fingerprint density at radius 1 is 1.18 bits per heavy atom. The van der Waals surface area contributed by atoms with Crippen LogP contribution in [-0.4, -0.2) is 19.0 Å². The minimum absolute atomic E-state index is 0.101. The zero-order chi connectivity index (χ0) is 15.5. The van der Waals surface area contributed by atoms with Gasteiger partial charge in [-0.1, -0.05) is 18.2 Å². The van der Waals surface area contributed by atoms with E-state index >= 15 is 0 Å². The van der Waals surface area contributed by atoms with Gasteiger partial charge in [0.05, 0.1) is 7.11 Å². The molecule has 1 aliphatic rings. The summed E-state index contributed by atoms with van der Waals surface area (Å²) in [5.74, 6) is -0.150. The third kappa shape index (κ3) is 2.88. The van der Waals surface area contributed by atoms with Crippen LogP contribution in [0, 0.1) is 5.82 Å². The fraction of sp³-hybridized carbons (Fsp3) is 0.0588. The van der Waals surface area contributed by atoms with Crippen LogP contribution in [0.4, 0.5) is 4.39 Å². The average molecular weight is 297 g/mol. The van der Waals surface area contributed by atoms with Crippen molar-refractivity contribution in [2.45, 2.75) is 0 Å². The lowest BCUT2D eigenvalue weighted by molar-refractivity contribution is -0.129. The SMILES string of the molecule is COc1ccc(/C=C2/N=C(c3cccc(F)c3)OC2=O)cc1. The highest BCUT2D eigenvalue weighted by Crippen LogP contribution is 2.20. The number of ether oxygens (including phenoxy) is 2. The van der Waals surface area contributed by atoms with E-state index in [1.54, 1.807) is 43.5 Å². The van der Waals surface area contributed by atoms with Gasteiger partial charge in [-0.25, -0.2) is 14.2 Å². The molecule has 3 rings (SSSR count). The molecule has 0 radical (unpaired) electrons. The summed E-state index contributed by atoms with van der Waals surface area (Å²) in [6.45, 7) is 0. The van der Waals surface area contributed by atoms with Crippen molar-refractivity contribution < 1.29 is 18.7 Å². The van der Waals surface area contributed by atoms with E-state index in [1.165, 1.54) is 18.2 Å². The molecule has 0 atom stereocenters. The van der Waals surface area contributed by atoms with Crippen LogP contribution >= 0.6 is 0 Å². The van der Waals surface area contributed by atoms with Gasteiger partial charge in [0.15, 0.2) is 5.70 Å². The highest BCUT2D eigenvalue weighted by molar-refractivity contribution is 6.12. The second-order valence-electron chi connectivity index (χ2n) is 4.62. The lowest BCUT2D eigenvalue weighted by Crippen LogP contribution is -2.05. The normalized spacial score (nSPS) is 15.6. The van der Waals surface area contributed by atoms with Crippen molar-refractivity contribution in [1.29, 1.82) is 0 Å². The second-order valence-corrected chi connectivity index (χ2v) is 4.62. The number of hydrogen-bond donors (Lipinski definition) is 0. The lowest BCUT2D eigenvalue weighted by atomic mass is 10.2. The van der Waals surface area contributed by atoms with Crippen molar-refractivity contribution in [3.05, 3.63) is 71.2 Å². The molecule has 0 aliphatic carbocycles. The Morgan fingerprint density at radius 2 is 1.95 bits per heavy atom. The van der Waals surface area contributed by atoms with Crippen LogP contribution < -0.4 is 4.74 Å². The van der Waals surface area contributed by atoms with Crippen molar-refractivity contribution in [3.8, 4) is 5.75 Å². The van der Waals surface area contributed by atoms with Crippen LogP contribution in [0.15, 0.2) is 59.2 Å². The van der Waals surface area contributed by atoms with Crippen LogP contribution in [-0.2, 0) is 9.53 Å². The predicted molar refractivity (Wildman–Crippen MR) is 80.0 cm³/mol. The molecule has 0 N–H and O–H groups in total. The Balaban J connectivity index is 1.90. The Kier molecular flexibility index (Phi) is 3.70. The number of cyclic esters (lactones) is 1. The fourth-order valence-electron chi connectivity index (χ4n) is 2.01. The van der Waals surface area contributed by atoms with Gasteiger partial charge in [-0.3, -0.25) is 0 Å². The molecule has 4 nitrogen and oxygen atoms in total. The first-order valence-electron chi connectivity index (χ1n) is 6.58. The highest BCUT2D eigenvalue weighted by Gasteiger charge is 2.24. The molecule has 1 aliphatic heterocycles. The zero-order valence-electron chi connectivity index (χ0n) is 11.7. The third-order valence-corrected chi connectivity index (χ3v) is 3.11. The van der Waals surface area contributed by atoms with Gasteiger partial charge in [-0.05, 0) is 42.0 Å². The van der Waals surface area contributed by atoms with Crippen molar-refractivity contribution in [2.24, 2.45) is 4.99 Å². The predicted octanol–water partition coefficient (Wildman–Crippen LogP) is 3.18. The van der Waals surface area contributed by atoms with Crippen LogP contribution in [0.25, 0.3) is 6.08 Å². The molecule has 0 amide bonds. The van der Waals surface area contributed by atoms with Gasteiger partial charge < -0.3 is 9.47 Å². The van der Waals surface area contributed by atoms with Crippen LogP contribution in [0.3, 0.4) is 0 Å². The fourth-order valence-corrected chi connectivity index (χ4v) is 2.01. The van der Waals surface area contributed by atoms with Gasteiger partial charge in [-0.2, -0.15) is 0 Å². The van der Waals surface area contributed by atoms with Crippen LogP contribution in [0.1, 0.15) is 11.1 Å². The summed E-state index contributed by atoms with van der Waals surface area (Å²) < 4.78 is 23.4. The highest BCUT2D eigenvalue weighted by atomic mass is 19.1. The van der Waals surface area contributed by atoms with Crippen molar-refractivity contribution in [1.82, 2.24) is 0 Å². The molecule has 2 aromatic carbocycles. The van der Waals surface area contributed by atoms with Gasteiger partial charge in [0.1, 0.15) is 11.6 Å². The van der Waals surface area contributed by atoms with E-state index in [4.69, 9.17) is 9.47 Å². The number of methoxy groups -OCH3 is 1. The molecule has 0 saturated carbocycles. The van der Waals surface area contributed by atoms with Crippen molar-refractivity contribution >= 4 is 17.9 Å². The molecule has 110 valence electrons. The number of esters is 1. The molecule has 2 aromatic rings. The quantitative estimate of drug-likeness (QED) is 0.646. The van der Waals surface area contributed by atoms with E-state index < -0.39 is 11.8 Å². The minimum atomic E-state index is -0.560. The zero-order valence-corrected chi connectivity index (χ0v) is 11.7. The first-order chi connectivity index (χ1) is 10.7. The summed E-state index contributed by atoms with van der Waals surface area (Å²) >= 11 is 0. The van der Waals surface area contributed by atoms with Crippen molar-refractivity contribution in [2.75, 3.05) is 7.11 Å². The molecular formula is C17H12FNO3. The first-order valence-corrected chi connectivity index (χ1v) is 6.58. The Morgan fingerprint density at radius 3 is 2.64 bits per heavy atom. The van der Waals surface area contributed by atoms with Gasteiger partial charge in [0.25, 0.3) is 0 Å². The van der Waals surface area contributed by atoms with Gasteiger partial charge in [-0.15, -0.1) is 0 Å². The standard InChI is InChI=1S/C17H12FNO3/c1-21-14-7-5-11(6-8-14)9-15-17(20)22-16(19-15)12-3-2-4-13(18)10-12/h2-10H,1H3/b15-9+. The maximum atomic E-state index is 13.2. The minimum Gasteiger partial charge on any atom is -0.497 e. The van der Waals surface area contributed by atoms with E-state index in [9.17, 15) is 9.18 Å². The topological polar surface area (TPSA) is 47.9 Å². The van der Waals surface area contributed by atoms with Gasteiger partial charge in [0.2, 0.25) is 5.90 Å². The van der Waals surface area contributed by atoms with E-state index in [0.29, 0.717) is 5.56 Å². The number of hydrogen-bond acceptors (Lipinski definition) is 4. The van der Waals surface area contributed by atoms with Crippen molar-refractivity contribution in [3.63, 3.8) is 0 Å². The number of halogens is 1. The summed E-state index contributed by atoms with van der Waals surface area (Å²) in [7, 11) is 1.58. The van der Waals surface area contributed by atoms with Gasteiger partial charge in [0, 0.05) is 5.56 Å². The Bertz CT molecular complexity index is 779. The second kappa shape index (κ2) is 5.81. The summed E-state index contributed by atoms with van der Waals surface area (Å²) in [6, 6.07) is 12.9. The Labute approximate surface area is 126 Å². The number of nitrogens with zero attached hydrogens (tertiary/aromatic N) is 1. The van der Waals surface area contributed by atoms with E-state index in [1.807, 2.05) is 0 Å². The summed E-state index contributed by atoms with van der Waals surface area (Å²) in [4.78, 5) is 16.0. The molecule has 0 unspecified atom stereocenters. The largest absolute Gasteiger partial charge is 0.497 e. The smallest absolute Gasteiger partial charge is 0.363 e. The lowest BCUT2D eigenvalue weighted by Gasteiger charge is -1.99. The maximum Gasteiger partial charge on any atom is 0.363 e. The number of carbonyl (C=O) groups excluding carboxylic acids is 1. The molecule has 0 spiro atoms. The molecule has 1 heterocycles. The first kappa shape index (κ1) is 14.0. The van der Waals surface area contributed by atoms with E-state index in [2.05, 4.69) is 4.99 Å². The number of aliphatic imine (C=N–C) groups is 1. The Hall–Kier alpha value is -2.95.